The van der Waals surface area contributed by atoms with Crippen LogP contribution >= 0.6 is 15.9 Å². The zero-order valence-corrected chi connectivity index (χ0v) is 13.0. The standard InChI is InChI=1S/C16H18BrNO2/c17-13-6-4-5-12(9-13)11-18-14(19)10-16(15(18)20)7-2-1-3-8-16/h4-6,9H,1-3,7-8,10-11H2. The molecule has 1 heterocycles. The molecule has 1 aliphatic heterocycles. The van der Waals surface area contributed by atoms with E-state index in [1.54, 1.807) is 0 Å². The Morgan fingerprint density at radius 1 is 1.15 bits per heavy atom. The molecule has 3 rings (SSSR count). The van der Waals surface area contributed by atoms with Crippen molar-refractivity contribution < 1.29 is 9.59 Å². The summed E-state index contributed by atoms with van der Waals surface area (Å²) in [6, 6.07) is 7.80. The van der Waals surface area contributed by atoms with Crippen molar-refractivity contribution in [3.8, 4) is 0 Å². The first kappa shape index (κ1) is 13.8. The maximum absolute atomic E-state index is 12.7. The summed E-state index contributed by atoms with van der Waals surface area (Å²) < 4.78 is 0.974. The Balaban J connectivity index is 1.80. The van der Waals surface area contributed by atoms with E-state index in [0.29, 0.717) is 13.0 Å². The highest BCUT2D eigenvalue weighted by molar-refractivity contribution is 9.10. The van der Waals surface area contributed by atoms with Crippen LogP contribution in [0.15, 0.2) is 28.7 Å². The van der Waals surface area contributed by atoms with Crippen LogP contribution in [0.2, 0.25) is 0 Å². The third kappa shape index (κ3) is 2.41. The molecule has 0 aromatic heterocycles. The van der Waals surface area contributed by atoms with Gasteiger partial charge in [-0.15, -0.1) is 0 Å². The van der Waals surface area contributed by atoms with E-state index < -0.39 is 0 Å². The number of rotatable bonds is 2. The topological polar surface area (TPSA) is 37.4 Å². The molecule has 0 N–H and O–H groups in total. The zero-order chi connectivity index (χ0) is 14.2. The third-order valence-corrected chi connectivity index (χ3v) is 5.02. The molecule has 0 unspecified atom stereocenters. The van der Waals surface area contributed by atoms with Gasteiger partial charge in [-0.05, 0) is 30.5 Å². The first-order chi connectivity index (χ1) is 9.61. The highest BCUT2D eigenvalue weighted by Gasteiger charge is 2.51. The van der Waals surface area contributed by atoms with E-state index in [1.807, 2.05) is 24.3 Å². The minimum Gasteiger partial charge on any atom is -0.278 e. The van der Waals surface area contributed by atoms with E-state index in [9.17, 15) is 9.59 Å². The molecule has 20 heavy (non-hydrogen) atoms. The van der Waals surface area contributed by atoms with E-state index in [1.165, 1.54) is 11.3 Å². The van der Waals surface area contributed by atoms with Crippen LogP contribution in [0.25, 0.3) is 0 Å². The van der Waals surface area contributed by atoms with Crippen LogP contribution in [0.5, 0.6) is 0 Å². The average molecular weight is 336 g/mol. The number of hydrogen-bond acceptors (Lipinski definition) is 2. The van der Waals surface area contributed by atoms with Gasteiger partial charge in [-0.25, -0.2) is 0 Å². The van der Waals surface area contributed by atoms with E-state index in [0.717, 1.165) is 35.7 Å². The summed E-state index contributed by atoms with van der Waals surface area (Å²) in [6.45, 7) is 0.402. The lowest BCUT2D eigenvalue weighted by atomic mass is 9.73. The molecule has 4 heteroatoms. The fraction of sp³-hybridized carbons (Fsp3) is 0.500. The van der Waals surface area contributed by atoms with Gasteiger partial charge in [0.1, 0.15) is 0 Å². The van der Waals surface area contributed by atoms with Gasteiger partial charge in [0.25, 0.3) is 0 Å². The lowest BCUT2D eigenvalue weighted by Gasteiger charge is -2.30. The minimum atomic E-state index is -0.374. The van der Waals surface area contributed by atoms with Crippen LogP contribution in [0.1, 0.15) is 44.1 Å². The number of carbonyl (C=O) groups excluding carboxylic acids is 2. The maximum Gasteiger partial charge on any atom is 0.236 e. The van der Waals surface area contributed by atoms with Gasteiger partial charge in [-0.1, -0.05) is 47.3 Å². The Kier molecular flexibility index (Phi) is 3.67. The summed E-state index contributed by atoms with van der Waals surface area (Å²) >= 11 is 3.42. The monoisotopic (exact) mass is 335 g/mol. The van der Waals surface area contributed by atoms with E-state index in [-0.39, 0.29) is 17.2 Å². The Morgan fingerprint density at radius 3 is 2.60 bits per heavy atom. The van der Waals surface area contributed by atoms with Gasteiger partial charge < -0.3 is 0 Å². The summed E-state index contributed by atoms with van der Waals surface area (Å²) in [5.74, 6) is 0.0547. The van der Waals surface area contributed by atoms with Gasteiger partial charge in [-0.3, -0.25) is 14.5 Å². The van der Waals surface area contributed by atoms with Gasteiger partial charge >= 0.3 is 0 Å². The number of nitrogens with zero attached hydrogens (tertiary/aromatic N) is 1. The lowest BCUT2D eigenvalue weighted by Crippen LogP contribution is -2.36. The smallest absolute Gasteiger partial charge is 0.236 e. The number of benzene rings is 1. The summed E-state index contributed by atoms with van der Waals surface area (Å²) in [6.07, 6.45) is 5.52. The number of amides is 2. The highest BCUT2D eigenvalue weighted by Crippen LogP contribution is 2.45. The zero-order valence-electron chi connectivity index (χ0n) is 11.4. The van der Waals surface area contributed by atoms with Crippen molar-refractivity contribution in [3.05, 3.63) is 34.3 Å². The van der Waals surface area contributed by atoms with Crippen molar-refractivity contribution >= 4 is 27.7 Å². The minimum absolute atomic E-state index is 0.00289. The van der Waals surface area contributed by atoms with Crippen LogP contribution in [0, 0.1) is 5.41 Å². The summed E-state index contributed by atoms with van der Waals surface area (Å²) in [5.41, 5.74) is 0.621. The number of hydrogen-bond donors (Lipinski definition) is 0. The largest absolute Gasteiger partial charge is 0.278 e. The second-order valence-electron chi connectivity index (χ2n) is 5.93. The Morgan fingerprint density at radius 2 is 1.90 bits per heavy atom. The molecule has 2 aliphatic rings. The molecule has 1 saturated heterocycles. The van der Waals surface area contributed by atoms with Crippen LogP contribution in [-0.2, 0) is 16.1 Å². The van der Waals surface area contributed by atoms with Crippen molar-refractivity contribution in [2.45, 2.75) is 45.1 Å². The molecule has 2 amide bonds. The molecule has 0 radical (unpaired) electrons. The van der Waals surface area contributed by atoms with Gasteiger partial charge in [0.05, 0.1) is 12.0 Å². The highest BCUT2D eigenvalue weighted by atomic mass is 79.9. The first-order valence-corrected chi connectivity index (χ1v) is 7.99. The molecule has 106 valence electrons. The van der Waals surface area contributed by atoms with Crippen molar-refractivity contribution in [3.63, 3.8) is 0 Å². The molecule has 0 bridgehead atoms. The molecular weight excluding hydrogens is 318 g/mol. The quantitative estimate of drug-likeness (QED) is 0.773. The third-order valence-electron chi connectivity index (χ3n) is 4.53. The lowest BCUT2D eigenvalue weighted by molar-refractivity contribution is -0.142. The van der Waals surface area contributed by atoms with Gasteiger partial charge in [0, 0.05) is 10.9 Å². The van der Waals surface area contributed by atoms with Crippen LogP contribution in [-0.4, -0.2) is 16.7 Å². The van der Waals surface area contributed by atoms with Crippen molar-refractivity contribution in [1.82, 2.24) is 4.90 Å². The summed E-state index contributed by atoms with van der Waals surface area (Å²) in [5, 5.41) is 0. The van der Waals surface area contributed by atoms with E-state index in [4.69, 9.17) is 0 Å². The van der Waals surface area contributed by atoms with Crippen LogP contribution in [0.3, 0.4) is 0 Å². The fourth-order valence-electron chi connectivity index (χ4n) is 3.46. The van der Waals surface area contributed by atoms with Crippen LogP contribution < -0.4 is 0 Å². The predicted molar refractivity (Wildman–Crippen MR) is 79.8 cm³/mol. The number of carbonyl (C=O) groups is 2. The molecule has 0 atom stereocenters. The number of likely N-dealkylation sites (tertiary alicyclic amines) is 1. The molecule has 2 fully saturated rings. The maximum atomic E-state index is 12.7. The van der Waals surface area contributed by atoms with E-state index >= 15 is 0 Å². The van der Waals surface area contributed by atoms with Gasteiger partial charge in [-0.2, -0.15) is 0 Å². The summed E-state index contributed by atoms with van der Waals surface area (Å²) in [7, 11) is 0. The summed E-state index contributed by atoms with van der Waals surface area (Å²) in [4.78, 5) is 26.4. The van der Waals surface area contributed by atoms with Crippen molar-refractivity contribution in [2.75, 3.05) is 0 Å². The SMILES string of the molecule is O=C1CC2(CCCCC2)C(=O)N1Cc1cccc(Br)c1. The average Bonchev–Trinajstić information content (AvgIpc) is 2.64. The first-order valence-electron chi connectivity index (χ1n) is 7.20. The fourth-order valence-corrected chi connectivity index (χ4v) is 3.90. The number of halogens is 1. The van der Waals surface area contributed by atoms with Gasteiger partial charge in [0.2, 0.25) is 11.8 Å². The predicted octanol–water partition coefficient (Wildman–Crippen LogP) is 3.66. The molecular formula is C16H18BrNO2. The Hall–Kier alpha value is -1.16. The second kappa shape index (κ2) is 5.32. The van der Waals surface area contributed by atoms with Crippen LogP contribution in [0.4, 0.5) is 0 Å². The van der Waals surface area contributed by atoms with E-state index in [2.05, 4.69) is 15.9 Å². The Labute approximate surface area is 127 Å². The van der Waals surface area contributed by atoms with Crippen molar-refractivity contribution in [2.24, 2.45) is 5.41 Å². The van der Waals surface area contributed by atoms with Crippen molar-refractivity contribution in [1.29, 1.82) is 0 Å². The molecule has 1 aliphatic carbocycles. The Bertz CT molecular complexity index is 549. The molecule has 3 nitrogen and oxygen atoms in total. The normalized spacial score (nSPS) is 21.8. The molecule has 1 aromatic rings. The van der Waals surface area contributed by atoms with Gasteiger partial charge in [0.15, 0.2) is 0 Å². The molecule has 1 aromatic carbocycles. The molecule has 1 spiro atoms. The second-order valence-corrected chi connectivity index (χ2v) is 6.85. The number of imide groups is 1. The molecule has 1 saturated carbocycles.